The number of aliphatic imine (C=N–C) groups is 1. The van der Waals surface area contributed by atoms with Gasteiger partial charge in [-0.2, -0.15) is 5.10 Å². The Hall–Kier alpha value is -3.35. The van der Waals surface area contributed by atoms with Crippen LogP contribution >= 0.6 is 0 Å². The molecule has 7 heteroatoms. The highest BCUT2D eigenvalue weighted by Gasteiger charge is 2.04. The molecule has 0 aliphatic rings. The Morgan fingerprint density at radius 2 is 1.96 bits per heavy atom. The molecule has 0 atom stereocenters. The second-order valence-corrected chi connectivity index (χ2v) is 6.16. The lowest BCUT2D eigenvalue weighted by atomic mass is 10.1. The molecule has 0 radical (unpaired) electrons. The molecule has 1 aromatic carbocycles. The lowest BCUT2D eigenvalue weighted by Gasteiger charge is -2.12. The summed E-state index contributed by atoms with van der Waals surface area (Å²) in [5.74, 6) is 1.39. The van der Waals surface area contributed by atoms with Gasteiger partial charge in [0.25, 0.3) is 0 Å². The number of hydrogen-bond donors (Lipinski definition) is 2. The maximum Gasteiger partial charge on any atom is 0.218 e. The van der Waals surface area contributed by atoms with Gasteiger partial charge < -0.3 is 15.4 Å². The van der Waals surface area contributed by atoms with E-state index in [0.717, 1.165) is 36.7 Å². The minimum atomic E-state index is 0.505. The molecule has 0 unspecified atom stereocenters. The summed E-state index contributed by atoms with van der Waals surface area (Å²) in [4.78, 5) is 8.84. The van der Waals surface area contributed by atoms with Gasteiger partial charge in [0.05, 0.1) is 19.3 Å². The SMILES string of the molecule is CCNC(=NCc1cccnc1OC)NCCc1ccc(-n2cccn2)cc1. The van der Waals surface area contributed by atoms with E-state index in [-0.39, 0.29) is 0 Å². The van der Waals surface area contributed by atoms with Crippen molar-refractivity contribution >= 4 is 5.96 Å². The first-order valence-electron chi connectivity index (χ1n) is 9.39. The molecule has 2 heterocycles. The van der Waals surface area contributed by atoms with E-state index in [9.17, 15) is 0 Å². The summed E-state index contributed by atoms with van der Waals surface area (Å²) in [6, 6.07) is 14.2. The molecule has 0 spiro atoms. The minimum absolute atomic E-state index is 0.505. The molecule has 3 aromatic rings. The van der Waals surface area contributed by atoms with Crippen molar-refractivity contribution in [3.05, 3.63) is 72.2 Å². The van der Waals surface area contributed by atoms with Crippen molar-refractivity contribution in [1.29, 1.82) is 0 Å². The quantitative estimate of drug-likeness (QED) is 0.465. The fraction of sp³-hybridized carbons (Fsp3) is 0.286. The third-order valence-electron chi connectivity index (χ3n) is 4.21. The average molecular weight is 378 g/mol. The van der Waals surface area contributed by atoms with E-state index in [1.165, 1.54) is 5.56 Å². The average Bonchev–Trinajstić information content (AvgIpc) is 3.27. The Bertz CT molecular complexity index is 874. The van der Waals surface area contributed by atoms with Crippen molar-refractivity contribution in [3.63, 3.8) is 0 Å². The molecule has 0 aliphatic heterocycles. The zero-order valence-corrected chi connectivity index (χ0v) is 16.3. The number of pyridine rings is 1. The van der Waals surface area contributed by atoms with Crippen molar-refractivity contribution < 1.29 is 4.74 Å². The lowest BCUT2D eigenvalue weighted by molar-refractivity contribution is 0.392. The normalized spacial score (nSPS) is 11.3. The Morgan fingerprint density at radius 3 is 2.68 bits per heavy atom. The predicted octanol–water partition coefficient (Wildman–Crippen LogP) is 2.57. The van der Waals surface area contributed by atoms with E-state index in [1.807, 2.05) is 29.1 Å². The molecule has 0 fully saturated rings. The van der Waals surface area contributed by atoms with E-state index in [2.05, 4.69) is 56.9 Å². The predicted molar refractivity (Wildman–Crippen MR) is 111 cm³/mol. The summed E-state index contributed by atoms with van der Waals surface area (Å²) in [6.45, 7) is 4.15. The maximum absolute atomic E-state index is 5.29. The largest absolute Gasteiger partial charge is 0.481 e. The van der Waals surface area contributed by atoms with Crippen LogP contribution in [0.25, 0.3) is 5.69 Å². The van der Waals surface area contributed by atoms with Crippen LogP contribution in [0.4, 0.5) is 0 Å². The fourth-order valence-corrected chi connectivity index (χ4v) is 2.80. The summed E-state index contributed by atoms with van der Waals surface area (Å²) in [6.07, 6.45) is 6.33. The van der Waals surface area contributed by atoms with Crippen LogP contribution in [0.15, 0.2) is 66.0 Å². The maximum atomic E-state index is 5.29. The van der Waals surface area contributed by atoms with E-state index in [4.69, 9.17) is 4.74 Å². The summed E-state index contributed by atoms with van der Waals surface area (Å²) in [7, 11) is 1.62. The standard InChI is InChI=1S/C21H26N6O/c1-3-22-21(25-16-18-6-4-12-23-20(18)28-2)24-14-11-17-7-9-19(10-8-17)27-15-5-13-26-27/h4-10,12-13,15H,3,11,14,16H2,1-2H3,(H2,22,24,25). The molecule has 3 rings (SSSR count). The molecule has 2 aromatic heterocycles. The van der Waals surface area contributed by atoms with Crippen LogP contribution in [-0.2, 0) is 13.0 Å². The minimum Gasteiger partial charge on any atom is -0.481 e. The number of methoxy groups -OCH3 is 1. The molecule has 28 heavy (non-hydrogen) atoms. The number of guanidine groups is 1. The Morgan fingerprint density at radius 1 is 1.11 bits per heavy atom. The zero-order valence-electron chi connectivity index (χ0n) is 16.3. The summed E-state index contributed by atoms with van der Waals surface area (Å²) in [5.41, 5.74) is 3.27. The van der Waals surface area contributed by atoms with Crippen LogP contribution in [0.3, 0.4) is 0 Å². The van der Waals surface area contributed by atoms with Gasteiger partial charge in [0, 0.05) is 37.2 Å². The molecule has 0 saturated heterocycles. The third kappa shape index (κ3) is 5.33. The molecule has 0 aliphatic carbocycles. The number of rotatable bonds is 8. The van der Waals surface area contributed by atoms with Gasteiger partial charge in [-0.25, -0.2) is 14.7 Å². The molecule has 7 nitrogen and oxygen atoms in total. The Balaban J connectivity index is 1.54. The summed E-state index contributed by atoms with van der Waals surface area (Å²) >= 11 is 0. The molecular weight excluding hydrogens is 352 g/mol. The number of nitrogens with one attached hydrogen (secondary N) is 2. The second kappa shape index (κ2) is 10.1. The van der Waals surface area contributed by atoms with Crippen LogP contribution in [0.2, 0.25) is 0 Å². The van der Waals surface area contributed by atoms with Crippen LogP contribution in [0.5, 0.6) is 5.88 Å². The highest BCUT2D eigenvalue weighted by Crippen LogP contribution is 2.14. The monoisotopic (exact) mass is 378 g/mol. The van der Waals surface area contributed by atoms with Gasteiger partial charge >= 0.3 is 0 Å². The first kappa shape index (κ1) is 19.4. The summed E-state index contributed by atoms with van der Waals surface area (Å²) in [5, 5.41) is 10.9. The van der Waals surface area contributed by atoms with Gasteiger partial charge in [-0.3, -0.25) is 0 Å². The molecule has 0 amide bonds. The van der Waals surface area contributed by atoms with Crippen molar-refractivity contribution in [2.45, 2.75) is 19.9 Å². The van der Waals surface area contributed by atoms with E-state index in [0.29, 0.717) is 12.4 Å². The Kier molecular flexibility index (Phi) is 7.01. The van der Waals surface area contributed by atoms with Gasteiger partial charge in [-0.05, 0) is 43.2 Å². The molecule has 0 bridgehead atoms. The highest BCUT2D eigenvalue weighted by atomic mass is 16.5. The van der Waals surface area contributed by atoms with Gasteiger partial charge in [0.1, 0.15) is 0 Å². The highest BCUT2D eigenvalue weighted by molar-refractivity contribution is 5.79. The van der Waals surface area contributed by atoms with E-state index in [1.54, 1.807) is 19.5 Å². The van der Waals surface area contributed by atoms with E-state index >= 15 is 0 Å². The number of aromatic nitrogens is 3. The summed E-state index contributed by atoms with van der Waals surface area (Å²) < 4.78 is 7.14. The fourth-order valence-electron chi connectivity index (χ4n) is 2.80. The smallest absolute Gasteiger partial charge is 0.218 e. The lowest BCUT2D eigenvalue weighted by Crippen LogP contribution is -2.38. The van der Waals surface area contributed by atoms with Crippen molar-refractivity contribution in [2.75, 3.05) is 20.2 Å². The van der Waals surface area contributed by atoms with Crippen LogP contribution in [0.1, 0.15) is 18.1 Å². The topological polar surface area (TPSA) is 76.4 Å². The second-order valence-electron chi connectivity index (χ2n) is 6.16. The van der Waals surface area contributed by atoms with Crippen LogP contribution < -0.4 is 15.4 Å². The number of hydrogen-bond acceptors (Lipinski definition) is 4. The van der Waals surface area contributed by atoms with Gasteiger partial charge in [0.2, 0.25) is 5.88 Å². The first-order chi connectivity index (χ1) is 13.8. The number of ether oxygens (including phenoxy) is 1. The molecular formula is C21H26N6O. The van der Waals surface area contributed by atoms with Crippen LogP contribution in [-0.4, -0.2) is 40.9 Å². The third-order valence-corrected chi connectivity index (χ3v) is 4.21. The Labute approximate surface area is 165 Å². The van der Waals surface area contributed by atoms with Crippen molar-refractivity contribution in [1.82, 2.24) is 25.4 Å². The van der Waals surface area contributed by atoms with Gasteiger partial charge in [0.15, 0.2) is 5.96 Å². The number of nitrogens with zero attached hydrogens (tertiary/aromatic N) is 4. The molecule has 0 saturated carbocycles. The van der Waals surface area contributed by atoms with Gasteiger partial charge in [-0.15, -0.1) is 0 Å². The van der Waals surface area contributed by atoms with Crippen LogP contribution in [0, 0.1) is 0 Å². The van der Waals surface area contributed by atoms with Crippen molar-refractivity contribution in [2.24, 2.45) is 4.99 Å². The number of benzene rings is 1. The first-order valence-corrected chi connectivity index (χ1v) is 9.39. The molecule has 146 valence electrons. The van der Waals surface area contributed by atoms with Crippen molar-refractivity contribution in [3.8, 4) is 11.6 Å². The molecule has 2 N–H and O–H groups in total. The zero-order chi connectivity index (χ0) is 19.6. The van der Waals surface area contributed by atoms with Gasteiger partial charge in [-0.1, -0.05) is 18.2 Å². The van der Waals surface area contributed by atoms with E-state index < -0.39 is 0 Å².